The second kappa shape index (κ2) is 3.87. The molecule has 4 rings (SSSR count). The number of hydrogen-bond acceptors (Lipinski definition) is 0. The van der Waals surface area contributed by atoms with Gasteiger partial charge in [-0.2, -0.15) is 0 Å². The van der Waals surface area contributed by atoms with Crippen molar-refractivity contribution in [2.75, 3.05) is 18.5 Å². The first-order valence-corrected chi connectivity index (χ1v) is 10.7. The molecule has 3 aliphatic rings. The Labute approximate surface area is 98.8 Å². The van der Waals surface area contributed by atoms with Crippen LogP contribution in [0.25, 0.3) is 0 Å². The van der Waals surface area contributed by atoms with Gasteiger partial charge in [-0.05, 0) is 48.8 Å². The highest BCUT2D eigenvalue weighted by Crippen LogP contribution is 2.53. The summed E-state index contributed by atoms with van der Waals surface area (Å²) in [7, 11) is -0.555. The van der Waals surface area contributed by atoms with Crippen molar-refractivity contribution in [3.8, 4) is 0 Å². The molecule has 3 saturated heterocycles. The van der Waals surface area contributed by atoms with Crippen molar-refractivity contribution in [2.24, 2.45) is 0 Å². The largest absolute Gasteiger partial charge is 0.108 e. The van der Waals surface area contributed by atoms with Crippen LogP contribution in [0.4, 0.5) is 0 Å². The summed E-state index contributed by atoms with van der Waals surface area (Å²) < 4.78 is 0. The fourth-order valence-electron chi connectivity index (χ4n) is 3.06. The van der Waals surface area contributed by atoms with Crippen LogP contribution in [0.5, 0.6) is 0 Å². The lowest BCUT2D eigenvalue weighted by atomic mass is 10.4. The predicted octanol–water partition coefficient (Wildman–Crippen LogP) is 3.50. The van der Waals surface area contributed by atoms with E-state index in [9.17, 15) is 0 Å². The van der Waals surface area contributed by atoms with Gasteiger partial charge in [-0.1, -0.05) is 28.9 Å². The highest BCUT2D eigenvalue weighted by molar-refractivity contribution is 7.59. The molecule has 0 nitrogen and oxygen atoms in total. The van der Waals surface area contributed by atoms with Crippen molar-refractivity contribution in [3.05, 3.63) is 29.3 Å². The monoisotopic (exact) mass is 254 g/mol. The predicted molar refractivity (Wildman–Crippen MR) is 72.8 cm³/mol. The van der Waals surface area contributed by atoms with Crippen LogP contribution in [-0.2, 0) is 0 Å². The summed E-state index contributed by atoms with van der Waals surface area (Å²) >= 11 is 5.97. The van der Waals surface area contributed by atoms with E-state index in [1.165, 1.54) is 0 Å². The fraction of sp³-hybridized carbons (Fsp3) is 0.500. The molecule has 0 spiro atoms. The van der Waals surface area contributed by atoms with E-state index < -0.39 is 8.07 Å². The molecule has 15 heavy (non-hydrogen) atoms. The van der Waals surface area contributed by atoms with E-state index in [-0.39, 0.29) is 0 Å². The Morgan fingerprint density at radius 3 is 2.00 bits per heavy atom. The molecule has 2 bridgehead atoms. The maximum absolute atomic E-state index is 5.97. The van der Waals surface area contributed by atoms with Crippen molar-refractivity contribution >= 4 is 32.8 Å². The van der Waals surface area contributed by atoms with Crippen LogP contribution in [0, 0.1) is 0 Å². The number of halogens is 1. The van der Waals surface area contributed by atoms with Crippen molar-refractivity contribution in [1.82, 2.24) is 0 Å². The fourth-order valence-corrected chi connectivity index (χ4v) is 15.3. The molecule has 80 valence electrons. The Bertz CT molecular complexity index is 341. The summed E-state index contributed by atoms with van der Waals surface area (Å²) in [5.41, 5.74) is 0. The molecule has 0 aromatic heterocycles. The van der Waals surface area contributed by atoms with Gasteiger partial charge < -0.3 is 0 Å². The number of fused-ring (bicyclic) bond motifs is 3. The van der Waals surface area contributed by atoms with Crippen molar-refractivity contribution in [2.45, 2.75) is 18.1 Å². The Morgan fingerprint density at radius 2 is 1.47 bits per heavy atom. The van der Waals surface area contributed by atoms with E-state index in [0.29, 0.717) is 7.92 Å². The lowest BCUT2D eigenvalue weighted by Crippen LogP contribution is -2.53. The number of benzene rings is 1. The van der Waals surface area contributed by atoms with Crippen molar-refractivity contribution in [1.29, 1.82) is 0 Å². The normalized spacial score (nSPS) is 34.3. The summed E-state index contributed by atoms with van der Waals surface area (Å²) in [5, 5.41) is 2.57. The van der Waals surface area contributed by atoms with Crippen molar-refractivity contribution in [3.63, 3.8) is 0 Å². The Kier molecular flexibility index (Phi) is 2.66. The highest BCUT2D eigenvalue weighted by atomic mass is 35.5. The molecule has 0 unspecified atom stereocenters. The average molecular weight is 255 g/mol. The van der Waals surface area contributed by atoms with E-state index in [4.69, 9.17) is 11.6 Å². The standard InChI is InChI=1S/C12H16ClPSi/c13-11-1-3-12(4-2-11)15-8-5-14(6-9-15)7-10-15/h1-4H,5-10H2. The van der Waals surface area contributed by atoms with Crippen LogP contribution >= 0.6 is 19.5 Å². The quantitative estimate of drug-likeness (QED) is 0.532. The summed E-state index contributed by atoms with van der Waals surface area (Å²) in [6.45, 7) is 0. The second-order valence-electron chi connectivity index (χ2n) is 4.88. The van der Waals surface area contributed by atoms with E-state index in [2.05, 4.69) is 24.3 Å². The zero-order chi connectivity index (χ0) is 10.3. The molecular weight excluding hydrogens is 239 g/mol. The van der Waals surface area contributed by atoms with Crippen LogP contribution in [0.2, 0.25) is 23.2 Å². The Balaban J connectivity index is 1.94. The average Bonchev–Trinajstić information content (AvgIpc) is 2.32. The lowest BCUT2D eigenvalue weighted by molar-refractivity contribution is 1.10. The van der Waals surface area contributed by atoms with Gasteiger partial charge in [0.1, 0.15) is 0 Å². The van der Waals surface area contributed by atoms with Gasteiger partial charge in [0.05, 0.1) is 8.07 Å². The zero-order valence-corrected chi connectivity index (χ0v) is 11.5. The van der Waals surface area contributed by atoms with E-state index >= 15 is 0 Å². The van der Waals surface area contributed by atoms with Gasteiger partial charge in [-0.25, -0.2) is 0 Å². The molecule has 0 radical (unpaired) electrons. The SMILES string of the molecule is Clc1ccc([Si]23CCP(CC2)CC3)cc1. The van der Waals surface area contributed by atoms with Gasteiger partial charge in [0.2, 0.25) is 0 Å². The van der Waals surface area contributed by atoms with Crippen LogP contribution in [0.3, 0.4) is 0 Å². The minimum absolute atomic E-state index is 0.477. The van der Waals surface area contributed by atoms with Gasteiger partial charge in [0.25, 0.3) is 0 Å². The first-order chi connectivity index (χ1) is 7.28. The third-order valence-electron chi connectivity index (χ3n) is 4.18. The van der Waals surface area contributed by atoms with Gasteiger partial charge >= 0.3 is 0 Å². The molecule has 0 atom stereocenters. The van der Waals surface area contributed by atoms with Gasteiger partial charge in [0, 0.05) is 5.02 Å². The Hall–Kier alpha value is 0.157. The summed E-state index contributed by atoms with van der Waals surface area (Å²) in [5.74, 6) is 0. The summed E-state index contributed by atoms with van der Waals surface area (Å²) in [6, 6.07) is 13.5. The maximum Gasteiger partial charge on any atom is 0.0877 e. The molecule has 0 aliphatic carbocycles. The molecule has 1 aromatic rings. The van der Waals surface area contributed by atoms with Crippen LogP contribution < -0.4 is 5.19 Å². The molecule has 3 aliphatic heterocycles. The van der Waals surface area contributed by atoms with Gasteiger partial charge in [-0.15, -0.1) is 7.92 Å². The van der Waals surface area contributed by atoms with Crippen LogP contribution in [0.15, 0.2) is 24.3 Å². The third kappa shape index (κ3) is 1.79. The minimum Gasteiger partial charge on any atom is -0.108 e. The summed E-state index contributed by atoms with van der Waals surface area (Å²) in [6.07, 6.45) is 4.72. The smallest absolute Gasteiger partial charge is 0.0877 e. The van der Waals surface area contributed by atoms with Gasteiger partial charge in [0.15, 0.2) is 0 Å². The zero-order valence-electron chi connectivity index (χ0n) is 8.88. The van der Waals surface area contributed by atoms with Gasteiger partial charge in [-0.3, -0.25) is 0 Å². The first kappa shape index (κ1) is 10.3. The van der Waals surface area contributed by atoms with Crippen molar-refractivity contribution < 1.29 is 0 Å². The third-order valence-corrected chi connectivity index (χ3v) is 13.4. The molecule has 3 fully saturated rings. The molecule has 0 amide bonds. The number of hydrogen-bond donors (Lipinski definition) is 0. The lowest BCUT2D eigenvalue weighted by Gasteiger charge is -2.45. The Morgan fingerprint density at radius 1 is 0.933 bits per heavy atom. The highest BCUT2D eigenvalue weighted by Gasteiger charge is 2.43. The molecular formula is C12H16ClPSi. The first-order valence-electron chi connectivity index (χ1n) is 5.77. The molecule has 3 heteroatoms. The number of rotatable bonds is 1. The van der Waals surface area contributed by atoms with E-state index in [1.807, 2.05) is 0 Å². The molecule has 0 N–H and O–H groups in total. The van der Waals surface area contributed by atoms with E-state index in [1.54, 1.807) is 41.8 Å². The molecule has 3 heterocycles. The molecule has 0 saturated carbocycles. The van der Waals surface area contributed by atoms with Crippen LogP contribution in [0.1, 0.15) is 0 Å². The second-order valence-corrected chi connectivity index (χ2v) is 12.6. The topological polar surface area (TPSA) is 0 Å². The minimum atomic E-state index is -1.03. The molecule has 1 aromatic carbocycles. The summed E-state index contributed by atoms with van der Waals surface area (Å²) in [4.78, 5) is 0. The van der Waals surface area contributed by atoms with Crippen LogP contribution in [-0.4, -0.2) is 26.6 Å². The maximum atomic E-state index is 5.97. The van der Waals surface area contributed by atoms with E-state index in [0.717, 1.165) is 5.02 Å².